The molecule has 2 aromatic carbocycles. The molecule has 0 aliphatic heterocycles. The minimum absolute atomic E-state index is 0.174. The molecule has 0 radical (unpaired) electrons. The molecule has 1 atom stereocenters. The lowest BCUT2D eigenvalue weighted by Gasteiger charge is -2.26. The van der Waals surface area contributed by atoms with Gasteiger partial charge in [-0.05, 0) is 25.1 Å². The molecule has 0 fully saturated rings. The number of ether oxygens (including phenoxy) is 1. The molecule has 0 aliphatic rings. The Morgan fingerprint density at radius 2 is 1.88 bits per heavy atom. The van der Waals surface area contributed by atoms with Gasteiger partial charge in [0.2, 0.25) is 5.91 Å². The molecule has 7 heteroatoms. The van der Waals surface area contributed by atoms with E-state index in [1.165, 1.54) is 0 Å². The van der Waals surface area contributed by atoms with E-state index in [2.05, 4.69) is 10.3 Å². The number of hydrogen-bond donors (Lipinski definition) is 0. The van der Waals surface area contributed by atoms with Crippen molar-refractivity contribution < 1.29 is 9.53 Å². The van der Waals surface area contributed by atoms with Crippen LogP contribution in [0.15, 0.2) is 53.3 Å². The van der Waals surface area contributed by atoms with Crippen LogP contribution in [-0.2, 0) is 11.3 Å². The fourth-order valence-electron chi connectivity index (χ4n) is 2.80. The highest BCUT2D eigenvalue weighted by Crippen LogP contribution is 2.28. The minimum Gasteiger partial charge on any atom is -0.496 e. The van der Waals surface area contributed by atoms with Crippen molar-refractivity contribution in [1.82, 2.24) is 19.9 Å². The number of carbonyl (C=O) groups excluding carboxylic acids is 1. The van der Waals surface area contributed by atoms with Gasteiger partial charge in [-0.25, -0.2) is 4.68 Å². The Hall–Kier alpha value is -3.22. The summed E-state index contributed by atoms with van der Waals surface area (Å²) < 4.78 is 6.46. The molecule has 0 aliphatic carbocycles. The molecule has 1 heterocycles. The van der Waals surface area contributed by atoms with Gasteiger partial charge in [0.25, 0.3) is 5.56 Å². The summed E-state index contributed by atoms with van der Waals surface area (Å²) >= 11 is 0. The van der Waals surface area contributed by atoms with Gasteiger partial charge in [0, 0.05) is 12.6 Å². The molecule has 1 amide bonds. The number of aromatic nitrogens is 3. The first kappa shape index (κ1) is 17.6. The summed E-state index contributed by atoms with van der Waals surface area (Å²) in [5.74, 6) is 0.470. The van der Waals surface area contributed by atoms with Crippen molar-refractivity contribution in [2.75, 3.05) is 14.2 Å². The van der Waals surface area contributed by atoms with E-state index < -0.39 is 0 Å². The number of benzene rings is 2. The number of hydrogen-bond acceptors (Lipinski definition) is 5. The lowest BCUT2D eigenvalue weighted by Crippen LogP contribution is -2.37. The third kappa shape index (κ3) is 3.28. The van der Waals surface area contributed by atoms with Crippen LogP contribution in [0.3, 0.4) is 0 Å². The molecular formula is C19H20N4O3. The maximum Gasteiger partial charge on any atom is 0.278 e. The van der Waals surface area contributed by atoms with Crippen LogP contribution in [0, 0.1) is 0 Å². The van der Waals surface area contributed by atoms with E-state index in [0.29, 0.717) is 16.7 Å². The molecule has 1 aromatic heterocycles. The quantitative estimate of drug-likeness (QED) is 0.702. The summed E-state index contributed by atoms with van der Waals surface area (Å²) in [4.78, 5) is 26.7. The Morgan fingerprint density at radius 3 is 2.65 bits per heavy atom. The van der Waals surface area contributed by atoms with Gasteiger partial charge in [0.15, 0.2) is 0 Å². The van der Waals surface area contributed by atoms with E-state index in [9.17, 15) is 9.59 Å². The first-order valence-electron chi connectivity index (χ1n) is 8.24. The molecule has 1 unspecified atom stereocenters. The molecule has 0 spiro atoms. The monoisotopic (exact) mass is 352 g/mol. The summed E-state index contributed by atoms with van der Waals surface area (Å²) in [6, 6.07) is 14.2. The predicted octanol–water partition coefficient (Wildman–Crippen LogP) is 2.02. The minimum atomic E-state index is -0.331. The third-order valence-corrected chi connectivity index (χ3v) is 4.48. The maximum atomic E-state index is 12.7. The first-order chi connectivity index (χ1) is 12.5. The van der Waals surface area contributed by atoms with Crippen molar-refractivity contribution >= 4 is 16.8 Å². The van der Waals surface area contributed by atoms with E-state index in [0.717, 1.165) is 10.2 Å². The molecule has 0 bridgehead atoms. The molecule has 0 N–H and O–H groups in total. The zero-order chi connectivity index (χ0) is 18.7. The van der Waals surface area contributed by atoms with E-state index >= 15 is 0 Å². The standard InChI is InChI=1S/C19H20N4O3/c1-13(14-8-5-7-11-17(14)26-3)22(2)18(24)12-23-19(25)15-9-4-6-10-16(15)20-21-23/h4-11,13H,12H2,1-3H3. The largest absolute Gasteiger partial charge is 0.496 e. The average molecular weight is 352 g/mol. The zero-order valence-corrected chi connectivity index (χ0v) is 14.9. The fourth-order valence-corrected chi connectivity index (χ4v) is 2.80. The van der Waals surface area contributed by atoms with Crippen molar-refractivity contribution in [2.24, 2.45) is 0 Å². The van der Waals surface area contributed by atoms with Crippen LogP contribution in [-0.4, -0.2) is 40.0 Å². The highest BCUT2D eigenvalue weighted by molar-refractivity contribution is 5.78. The zero-order valence-electron chi connectivity index (χ0n) is 14.9. The summed E-state index contributed by atoms with van der Waals surface area (Å²) in [6.07, 6.45) is 0. The number of carbonyl (C=O) groups is 1. The molecule has 0 saturated carbocycles. The van der Waals surface area contributed by atoms with E-state index in [1.807, 2.05) is 31.2 Å². The fraction of sp³-hybridized carbons (Fsp3) is 0.263. The highest BCUT2D eigenvalue weighted by atomic mass is 16.5. The summed E-state index contributed by atoms with van der Waals surface area (Å²) in [5.41, 5.74) is 1.07. The van der Waals surface area contributed by atoms with Crippen LogP contribution < -0.4 is 10.3 Å². The van der Waals surface area contributed by atoms with Crippen LogP contribution in [0.2, 0.25) is 0 Å². The highest BCUT2D eigenvalue weighted by Gasteiger charge is 2.21. The average Bonchev–Trinajstić information content (AvgIpc) is 2.69. The van der Waals surface area contributed by atoms with E-state index in [-0.39, 0.29) is 24.1 Å². The molecule has 26 heavy (non-hydrogen) atoms. The Kier molecular flexibility index (Phi) is 4.97. The normalized spacial score (nSPS) is 12.0. The number of methoxy groups -OCH3 is 1. The van der Waals surface area contributed by atoms with Crippen LogP contribution >= 0.6 is 0 Å². The van der Waals surface area contributed by atoms with Gasteiger partial charge >= 0.3 is 0 Å². The lowest BCUT2D eigenvalue weighted by atomic mass is 10.1. The number of likely N-dealkylation sites (N-methyl/N-ethyl adjacent to an activating group) is 1. The SMILES string of the molecule is COc1ccccc1C(C)N(C)C(=O)Cn1nnc2ccccc2c1=O. The van der Waals surface area contributed by atoms with Crippen molar-refractivity contribution in [2.45, 2.75) is 19.5 Å². The Morgan fingerprint density at radius 1 is 1.19 bits per heavy atom. The van der Waals surface area contributed by atoms with Gasteiger partial charge in [0.1, 0.15) is 17.8 Å². The summed E-state index contributed by atoms with van der Waals surface area (Å²) in [6.45, 7) is 1.73. The molecule has 3 rings (SSSR count). The smallest absolute Gasteiger partial charge is 0.278 e. The number of para-hydroxylation sites is 1. The van der Waals surface area contributed by atoms with Gasteiger partial charge in [0.05, 0.1) is 18.5 Å². The topological polar surface area (TPSA) is 77.3 Å². The second-order valence-electron chi connectivity index (χ2n) is 5.99. The predicted molar refractivity (Wildman–Crippen MR) is 98.0 cm³/mol. The first-order valence-corrected chi connectivity index (χ1v) is 8.24. The molecular weight excluding hydrogens is 332 g/mol. The van der Waals surface area contributed by atoms with E-state index in [4.69, 9.17) is 4.74 Å². The van der Waals surface area contributed by atoms with Gasteiger partial charge in [-0.3, -0.25) is 9.59 Å². The molecule has 0 saturated heterocycles. The van der Waals surface area contributed by atoms with Crippen molar-refractivity contribution in [3.63, 3.8) is 0 Å². The third-order valence-electron chi connectivity index (χ3n) is 4.48. The number of nitrogens with zero attached hydrogens (tertiary/aromatic N) is 4. The Labute approximate surface area is 150 Å². The summed E-state index contributed by atoms with van der Waals surface area (Å²) in [5, 5.41) is 8.32. The number of amides is 1. The maximum absolute atomic E-state index is 12.7. The van der Waals surface area contributed by atoms with Gasteiger partial charge in [-0.2, -0.15) is 0 Å². The van der Waals surface area contributed by atoms with Crippen molar-refractivity contribution in [3.05, 3.63) is 64.4 Å². The van der Waals surface area contributed by atoms with E-state index in [1.54, 1.807) is 43.3 Å². The molecule has 134 valence electrons. The number of fused-ring (bicyclic) bond motifs is 1. The van der Waals surface area contributed by atoms with Crippen LogP contribution in [0.25, 0.3) is 10.9 Å². The molecule has 7 nitrogen and oxygen atoms in total. The van der Waals surface area contributed by atoms with Crippen LogP contribution in [0.1, 0.15) is 18.5 Å². The van der Waals surface area contributed by atoms with Crippen LogP contribution in [0.5, 0.6) is 5.75 Å². The second-order valence-corrected chi connectivity index (χ2v) is 5.99. The van der Waals surface area contributed by atoms with Crippen molar-refractivity contribution in [3.8, 4) is 5.75 Å². The number of rotatable bonds is 5. The Balaban J connectivity index is 1.83. The lowest BCUT2D eigenvalue weighted by molar-refractivity contribution is -0.132. The summed E-state index contributed by atoms with van der Waals surface area (Å²) in [7, 11) is 3.29. The van der Waals surface area contributed by atoms with Crippen LogP contribution in [0.4, 0.5) is 0 Å². The van der Waals surface area contributed by atoms with Gasteiger partial charge in [-0.1, -0.05) is 35.5 Å². The van der Waals surface area contributed by atoms with Gasteiger partial charge in [-0.15, -0.1) is 5.10 Å². The molecule has 3 aromatic rings. The second kappa shape index (κ2) is 7.35. The van der Waals surface area contributed by atoms with Crippen molar-refractivity contribution in [1.29, 1.82) is 0 Å². The Bertz CT molecular complexity index is 999. The van der Waals surface area contributed by atoms with Gasteiger partial charge < -0.3 is 9.64 Å².